The lowest BCUT2D eigenvalue weighted by atomic mass is 10.1. The summed E-state index contributed by atoms with van der Waals surface area (Å²) >= 11 is 0. The molecule has 4 heterocycles. The van der Waals surface area contributed by atoms with Gasteiger partial charge in [0.1, 0.15) is 11.9 Å². The smallest absolute Gasteiger partial charge is 0.349 e. The van der Waals surface area contributed by atoms with E-state index in [-0.39, 0.29) is 11.5 Å². The first kappa shape index (κ1) is 20.7. The van der Waals surface area contributed by atoms with E-state index >= 15 is 0 Å². The van der Waals surface area contributed by atoms with Crippen LogP contribution in [-0.2, 0) is 0 Å². The molecule has 1 fully saturated rings. The van der Waals surface area contributed by atoms with Crippen LogP contribution in [0.2, 0.25) is 0 Å². The second kappa shape index (κ2) is 8.73. The molecule has 0 atom stereocenters. The van der Waals surface area contributed by atoms with Gasteiger partial charge >= 0.3 is 5.63 Å². The van der Waals surface area contributed by atoms with Crippen LogP contribution >= 0.6 is 0 Å². The normalized spacial score (nSPS) is 14.0. The number of fused-ring (bicyclic) bond motifs is 1. The van der Waals surface area contributed by atoms with Crippen molar-refractivity contribution in [2.75, 3.05) is 37.7 Å². The Bertz CT molecular complexity index is 1330. The van der Waals surface area contributed by atoms with Crippen LogP contribution in [0.25, 0.3) is 16.8 Å². The van der Waals surface area contributed by atoms with Gasteiger partial charge in [-0.1, -0.05) is 12.1 Å². The molecule has 1 amide bonds. The topological polar surface area (TPSA) is 107 Å². The van der Waals surface area contributed by atoms with Gasteiger partial charge in [0.05, 0.1) is 6.61 Å². The number of carbonyl (C=O) groups excluding carboxylic acids is 1. The number of piperazine rings is 1. The Morgan fingerprint density at radius 3 is 2.58 bits per heavy atom. The number of nitrogens with zero attached hydrogens (tertiary/aromatic N) is 6. The lowest BCUT2D eigenvalue weighted by Gasteiger charge is -2.35. The van der Waals surface area contributed by atoms with Crippen LogP contribution in [0.3, 0.4) is 0 Å². The van der Waals surface area contributed by atoms with E-state index in [9.17, 15) is 9.59 Å². The van der Waals surface area contributed by atoms with Crippen LogP contribution in [0, 0.1) is 0 Å². The Morgan fingerprint density at radius 1 is 1.09 bits per heavy atom. The first-order valence-electron chi connectivity index (χ1n) is 10.7. The Hall–Kier alpha value is -4.21. The van der Waals surface area contributed by atoms with Crippen molar-refractivity contribution in [3.05, 3.63) is 71.1 Å². The number of benzene rings is 1. The van der Waals surface area contributed by atoms with Crippen molar-refractivity contribution in [2.45, 2.75) is 6.92 Å². The molecule has 0 N–H and O–H groups in total. The number of carbonyl (C=O) groups is 1. The third kappa shape index (κ3) is 4.02. The highest BCUT2D eigenvalue weighted by Crippen LogP contribution is 2.25. The monoisotopic (exact) mass is 446 g/mol. The van der Waals surface area contributed by atoms with E-state index in [1.165, 1.54) is 0 Å². The van der Waals surface area contributed by atoms with Crippen LogP contribution < -0.4 is 15.3 Å². The number of para-hydroxylation sites is 1. The average molecular weight is 446 g/mol. The fourth-order valence-electron chi connectivity index (χ4n) is 3.86. The van der Waals surface area contributed by atoms with Gasteiger partial charge in [0, 0.05) is 44.0 Å². The van der Waals surface area contributed by atoms with Crippen molar-refractivity contribution in [1.82, 2.24) is 24.6 Å². The van der Waals surface area contributed by atoms with Gasteiger partial charge in [0.25, 0.3) is 5.91 Å². The first-order chi connectivity index (χ1) is 16.1. The predicted molar refractivity (Wildman–Crippen MR) is 121 cm³/mol. The van der Waals surface area contributed by atoms with Crippen LogP contribution in [0.15, 0.2) is 64.3 Å². The second-order valence-corrected chi connectivity index (χ2v) is 7.55. The number of anilines is 1. The van der Waals surface area contributed by atoms with Crippen molar-refractivity contribution in [1.29, 1.82) is 0 Å². The molecule has 0 radical (unpaired) electrons. The molecule has 0 aliphatic carbocycles. The Kier molecular flexibility index (Phi) is 5.47. The fourth-order valence-corrected chi connectivity index (χ4v) is 3.86. The van der Waals surface area contributed by atoms with E-state index in [1.807, 2.05) is 19.1 Å². The van der Waals surface area contributed by atoms with E-state index in [0.29, 0.717) is 55.3 Å². The number of hydrogen-bond donors (Lipinski definition) is 0. The molecule has 1 aromatic carbocycles. The summed E-state index contributed by atoms with van der Waals surface area (Å²) < 4.78 is 12.8. The Morgan fingerprint density at radius 2 is 1.88 bits per heavy atom. The molecule has 0 spiro atoms. The number of rotatable bonds is 5. The molecule has 0 bridgehead atoms. The predicted octanol–water partition coefficient (Wildman–Crippen LogP) is 2.13. The highest BCUT2D eigenvalue weighted by atomic mass is 16.5. The molecule has 3 aromatic heterocycles. The number of aromatic nitrogens is 4. The summed E-state index contributed by atoms with van der Waals surface area (Å²) in [6, 6.07) is 10.7. The summed E-state index contributed by atoms with van der Waals surface area (Å²) in [5.41, 5.74) is -0.291. The van der Waals surface area contributed by atoms with Crippen molar-refractivity contribution in [2.24, 2.45) is 0 Å². The molecule has 5 rings (SSSR count). The second-order valence-electron chi connectivity index (χ2n) is 7.55. The van der Waals surface area contributed by atoms with Gasteiger partial charge in [-0.15, -0.1) is 10.2 Å². The average Bonchev–Trinajstić information content (AvgIpc) is 3.39. The zero-order valence-corrected chi connectivity index (χ0v) is 18.0. The van der Waals surface area contributed by atoms with Gasteiger partial charge in [-0.05, 0) is 31.2 Å². The summed E-state index contributed by atoms with van der Waals surface area (Å²) in [5, 5.41) is 9.20. The van der Waals surface area contributed by atoms with E-state index in [2.05, 4.69) is 20.1 Å². The zero-order valence-electron chi connectivity index (χ0n) is 18.0. The maximum atomic E-state index is 13.1. The van der Waals surface area contributed by atoms with Crippen molar-refractivity contribution in [3.63, 3.8) is 0 Å². The summed E-state index contributed by atoms with van der Waals surface area (Å²) in [5.74, 6) is 1.56. The molecule has 168 valence electrons. The summed E-state index contributed by atoms with van der Waals surface area (Å²) in [7, 11) is 0. The van der Waals surface area contributed by atoms with Gasteiger partial charge in [-0.3, -0.25) is 9.36 Å². The minimum atomic E-state index is -0.664. The summed E-state index contributed by atoms with van der Waals surface area (Å²) in [6.07, 6.45) is 5.14. The van der Waals surface area contributed by atoms with Crippen molar-refractivity contribution < 1.29 is 13.9 Å². The molecule has 0 saturated carbocycles. The van der Waals surface area contributed by atoms with Crippen LogP contribution in [0.5, 0.6) is 5.75 Å². The molecule has 0 unspecified atom stereocenters. The first-order valence-corrected chi connectivity index (χ1v) is 10.7. The number of imidazole rings is 1. The number of hydrogen-bond acceptors (Lipinski definition) is 8. The van der Waals surface area contributed by atoms with Crippen LogP contribution in [0.4, 0.5) is 5.82 Å². The summed E-state index contributed by atoms with van der Waals surface area (Å²) in [6.45, 7) is 4.38. The molecule has 1 aliphatic heterocycles. The van der Waals surface area contributed by atoms with Gasteiger partial charge in [0.2, 0.25) is 0 Å². The molecule has 10 heteroatoms. The van der Waals surface area contributed by atoms with Gasteiger partial charge in [-0.2, -0.15) is 0 Å². The summed E-state index contributed by atoms with van der Waals surface area (Å²) in [4.78, 5) is 33.4. The molecular formula is C23H22N6O4. The number of ether oxygens (including phenoxy) is 1. The number of amides is 1. The highest BCUT2D eigenvalue weighted by Gasteiger charge is 2.26. The van der Waals surface area contributed by atoms with E-state index in [1.54, 1.807) is 52.5 Å². The van der Waals surface area contributed by atoms with Gasteiger partial charge in [0.15, 0.2) is 23.0 Å². The maximum Gasteiger partial charge on any atom is 0.349 e. The third-order valence-electron chi connectivity index (χ3n) is 5.55. The van der Waals surface area contributed by atoms with E-state index < -0.39 is 5.63 Å². The lowest BCUT2D eigenvalue weighted by Crippen LogP contribution is -2.49. The van der Waals surface area contributed by atoms with E-state index in [0.717, 1.165) is 5.82 Å². The van der Waals surface area contributed by atoms with Gasteiger partial charge in [-0.25, -0.2) is 9.78 Å². The molecule has 1 saturated heterocycles. The van der Waals surface area contributed by atoms with Crippen LogP contribution in [-0.4, -0.2) is 63.3 Å². The molecule has 1 aliphatic rings. The molecule has 10 nitrogen and oxygen atoms in total. The molecule has 33 heavy (non-hydrogen) atoms. The maximum absolute atomic E-state index is 13.1. The largest absolute Gasteiger partial charge is 0.490 e. The SMILES string of the molecule is CCOc1cccc2cc(C(=O)N3CCN(c4ccc(-n5ccnc5)nn4)CC3)c(=O)oc12. The Labute approximate surface area is 189 Å². The van der Waals surface area contributed by atoms with Crippen molar-refractivity contribution in [3.8, 4) is 11.6 Å². The standard InChI is InChI=1S/C23H22N6O4/c1-2-32-18-5-3-4-16-14-17(23(31)33-21(16)18)22(30)28-12-10-27(11-13-28)19-6-7-20(26-25-19)29-9-8-24-15-29/h3-9,14-15H,2,10-13H2,1H3. The molecular weight excluding hydrogens is 424 g/mol. The lowest BCUT2D eigenvalue weighted by molar-refractivity contribution is 0.0742. The molecule has 4 aromatic rings. The highest BCUT2D eigenvalue weighted by molar-refractivity contribution is 5.97. The zero-order chi connectivity index (χ0) is 22.8. The Balaban J connectivity index is 1.29. The fraction of sp³-hybridized carbons (Fsp3) is 0.261. The minimum absolute atomic E-state index is 0.0223. The van der Waals surface area contributed by atoms with Gasteiger partial charge < -0.3 is 19.0 Å². The quantitative estimate of drug-likeness (QED) is 0.429. The van der Waals surface area contributed by atoms with E-state index in [4.69, 9.17) is 9.15 Å². The third-order valence-corrected chi connectivity index (χ3v) is 5.55. The van der Waals surface area contributed by atoms with Crippen molar-refractivity contribution >= 4 is 22.7 Å². The van der Waals surface area contributed by atoms with Crippen LogP contribution in [0.1, 0.15) is 17.3 Å². The minimum Gasteiger partial charge on any atom is -0.490 e.